The summed E-state index contributed by atoms with van der Waals surface area (Å²) >= 11 is 6.21. The predicted octanol–water partition coefficient (Wildman–Crippen LogP) is 3.12. The number of hydrogen-bond acceptors (Lipinski definition) is 7. The Labute approximate surface area is 161 Å². The van der Waals surface area contributed by atoms with Crippen molar-refractivity contribution in [3.63, 3.8) is 0 Å². The van der Waals surface area contributed by atoms with E-state index in [1.807, 2.05) is 12.2 Å². The Morgan fingerprint density at radius 1 is 1.30 bits per heavy atom. The molecule has 2 aliphatic heterocycles. The number of benzene rings is 1. The van der Waals surface area contributed by atoms with Crippen molar-refractivity contribution in [3.05, 3.63) is 46.5 Å². The molecule has 1 saturated heterocycles. The average Bonchev–Trinajstić information content (AvgIpc) is 3.32. The molecule has 8 heteroatoms. The van der Waals surface area contributed by atoms with E-state index in [-0.39, 0.29) is 40.5 Å². The van der Waals surface area contributed by atoms with E-state index in [1.54, 1.807) is 19.1 Å². The molecule has 2 heterocycles. The summed E-state index contributed by atoms with van der Waals surface area (Å²) in [6.07, 6.45) is 7.29. The maximum absolute atomic E-state index is 12.7. The zero-order chi connectivity index (χ0) is 19.6. The normalized spacial score (nSPS) is 27.9. The van der Waals surface area contributed by atoms with Crippen LogP contribution in [0.15, 0.2) is 35.5 Å². The molecule has 0 aliphatic carbocycles. The van der Waals surface area contributed by atoms with Crippen LogP contribution in [0.2, 0.25) is 5.02 Å². The summed E-state index contributed by atoms with van der Waals surface area (Å²) in [5, 5.41) is 24.1. The maximum Gasteiger partial charge on any atom is 0.342 e. The zero-order valence-corrected chi connectivity index (χ0v) is 15.6. The van der Waals surface area contributed by atoms with Gasteiger partial charge in [0.15, 0.2) is 0 Å². The molecule has 0 radical (unpaired) electrons. The number of hydrogen-bond donors (Lipinski definition) is 2. The highest BCUT2D eigenvalue weighted by Crippen LogP contribution is 2.38. The van der Waals surface area contributed by atoms with Gasteiger partial charge in [0, 0.05) is 18.9 Å². The second kappa shape index (κ2) is 8.02. The Balaban J connectivity index is 2.06. The first-order valence-corrected chi connectivity index (χ1v) is 8.83. The SMILES string of the molecule is CON=C1C=C/C=C\[C@H]2O[C@@H]2C[C@@H](C)OC(=O)c2c(O)cc(O)c(Cl)c2C1. The monoisotopic (exact) mass is 393 g/mol. The van der Waals surface area contributed by atoms with Crippen LogP contribution in [0.3, 0.4) is 0 Å². The Bertz CT molecular complexity index is 832. The molecule has 0 spiro atoms. The molecule has 0 aromatic heterocycles. The Kier molecular flexibility index (Phi) is 5.72. The third-order valence-electron chi connectivity index (χ3n) is 4.29. The van der Waals surface area contributed by atoms with Gasteiger partial charge in [-0.05, 0) is 18.6 Å². The highest BCUT2D eigenvalue weighted by molar-refractivity contribution is 6.33. The summed E-state index contributed by atoms with van der Waals surface area (Å²) in [5.41, 5.74) is 0.526. The van der Waals surface area contributed by atoms with Crippen LogP contribution in [-0.2, 0) is 20.7 Å². The lowest BCUT2D eigenvalue weighted by molar-refractivity contribution is 0.0306. The van der Waals surface area contributed by atoms with Crippen LogP contribution in [0.25, 0.3) is 0 Å². The van der Waals surface area contributed by atoms with Gasteiger partial charge in [-0.1, -0.05) is 35.0 Å². The quantitative estimate of drug-likeness (QED) is 0.432. The average molecular weight is 394 g/mol. The van der Waals surface area contributed by atoms with Crippen molar-refractivity contribution in [2.45, 2.75) is 38.1 Å². The van der Waals surface area contributed by atoms with Crippen molar-refractivity contribution in [3.8, 4) is 11.5 Å². The number of aromatic hydroxyl groups is 2. The maximum atomic E-state index is 12.7. The lowest BCUT2D eigenvalue weighted by Crippen LogP contribution is -2.19. The standard InChI is InChI=1S/C19H20ClNO6/c1-10-7-16-15(27-16)6-4-3-5-11(21-25-2)8-12-17(19(24)26-10)13(22)9-14(23)18(12)20/h3-6,9-10,15-16,22-23H,7-8H2,1-2H3/b5-3?,6-4-,21-11?/t10-,15-,16-/m1/s1. The number of carbonyl (C=O) groups is 1. The smallest absolute Gasteiger partial charge is 0.342 e. The molecule has 0 amide bonds. The number of phenolic OH excluding ortho intramolecular Hbond substituents is 2. The van der Waals surface area contributed by atoms with E-state index in [4.69, 9.17) is 25.9 Å². The van der Waals surface area contributed by atoms with Crippen LogP contribution in [-0.4, -0.2) is 47.3 Å². The van der Waals surface area contributed by atoms with Gasteiger partial charge in [-0.2, -0.15) is 0 Å². The van der Waals surface area contributed by atoms with Crippen LogP contribution in [0, 0.1) is 0 Å². The van der Waals surface area contributed by atoms with Gasteiger partial charge < -0.3 is 24.5 Å². The summed E-state index contributed by atoms with van der Waals surface area (Å²) < 4.78 is 11.0. The molecule has 0 saturated carbocycles. The number of carbonyl (C=O) groups excluding carboxylic acids is 1. The summed E-state index contributed by atoms with van der Waals surface area (Å²) in [7, 11) is 1.39. The molecule has 1 aromatic carbocycles. The molecule has 27 heavy (non-hydrogen) atoms. The molecule has 144 valence electrons. The molecule has 1 aromatic rings. The van der Waals surface area contributed by atoms with Gasteiger partial charge >= 0.3 is 5.97 Å². The number of rotatable bonds is 1. The van der Waals surface area contributed by atoms with Crippen molar-refractivity contribution in [1.82, 2.24) is 0 Å². The number of phenols is 2. The number of fused-ring (bicyclic) bond motifs is 2. The van der Waals surface area contributed by atoms with Crippen molar-refractivity contribution in [2.24, 2.45) is 5.16 Å². The molecule has 0 bridgehead atoms. The zero-order valence-electron chi connectivity index (χ0n) is 14.9. The van der Waals surface area contributed by atoms with Crippen LogP contribution >= 0.6 is 11.6 Å². The molecule has 2 aliphatic rings. The molecule has 0 unspecified atom stereocenters. The van der Waals surface area contributed by atoms with Gasteiger partial charge in [-0.15, -0.1) is 0 Å². The van der Waals surface area contributed by atoms with Gasteiger partial charge in [0.25, 0.3) is 0 Å². The van der Waals surface area contributed by atoms with E-state index >= 15 is 0 Å². The number of allylic oxidation sites excluding steroid dienone is 3. The molecule has 7 nitrogen and oxygen atoms in total. The van der Waals surface area contributed by atoms with Crippen LogP contribution in [0.1, 0.15) is 29.3 Å². The number of oxime groups is 1. The lowest BCUT2D eigenvalue weighted by Gasteiger charge is -2.17. The third-order valence-corrected chi connectivity index (χ3v) is 4.71. The fraction of sp³-hybridized carbons (Fsp3) is 0.368. The molecule has 1 fully saturated rings. The van der Waals surface area contributed by atoms with Crippen molar-refractivity contribution in [2.75, 3.05) is 7.11 Å². The lowest BCUT2D eigenvalue weighted by atomic mass is 9.99. The predicted molar refractivity (Wildman–Crippen MR) is 99.4 cm³/mol. The summed E-state index contributed by atoms with van der Waals surface area (Å²) in [6.45, 7) is 1.75. The highest BCUT2D eigenvalue weighted by Gasteiger charge is 2.38. The fourth-order valence-electron chi connectivity index (χ4n) is 2.97. The number of ether oxygens (including phenoxy) is 2. The molecular weight excluding hydrogens is 374 g/mol. The van der Waals surface area contributed by atoms with Crippen LogP contribution < -0.4 is 0 Å². The van der Waals surface area contributed by atoms with Crippen LogP contribution in [0.5, 0.6) is 11.5 Å². The van der Waals surface area contributed by atoms with Gasteiger partial charge in [-0.25, -0.2) is 4.79 Å². The van der Waals surface area contributed by atoms with E-state index in [9.17, 15) is 15.0 Å². The van der Waals surface area contributed by atoms with E-state index < -0.39 is 17.8 Å². The number of cyclic esters (lactones) is 1. The van der Waals surface area contributed by atoms with E-state index in [2.05, 4.69) is 5.16 Å². The minimum Gasteiger partial charge on any atom is -0.507 e. The fourth-order valence-corrected chi connectivity index (χ4v) is 3.19. The third kappa shape index (κ3) is 4.43. The van der Waals surface area contributed by atoms with Gasteiger partial charge in [0.05, 0.1) is 16.8 Å². The molecule has 2 N–H and O–H groups in total. The van der Waals surface area contributed by atoms with Gasteiger partial charge in [0.2, 0.25) is 0 Å². The minimum absolute atomic E-state index is 0.0198. The van der Waals surface area contributed by atoms with Gasteiger partial charge in [0.1, 0.15) is 36.4 Å². The van der Waals surface area contributed by atoms with E-state index in [0.29, 0.717) is 12.1 Å². The molecule has 3 rings (SSSR count). The molecular formula is C19H20ClNO6. The van der Waals surface area contributed by atoms with Gasteiger partial charge in [-0.3, -0.25) is 0 Å². The van der Waals surface area contributed by atoms with Crippen molar-refractivity contribution in [1.29, 1.82) is 0 Å². The number of nitrogens with zero attached hydrogens (tertiary/aromatic N) is 1. The number of epoxide rings is 1. The van der Waals surface area contributed by atoms with Crippen molar-refractivity contribution >= 4 is 23.3 Å². The summed E-state index contributed by atoms with van der Waals surface area (Å²) in [6, 6.07) is 1.02. The molecule has 3 atom stereocenters. The first-order valence-electron chi connectivity index (χ1n) is 8.45. The van der Waals surface area contributed by atoms with Crippen LogP contribution in [0.4, 0.5) is 0 Å². The second-order valence-electron chi connectivity index (χ2n) is 6.36. The van der Waals surface area contributed by atoms with Crippen molar-refractivity contribution < 1.29 is 29.3 Å². The number of halogens is 1. The number of esters is 1. The topological polar surface area (TPSA) is 101 Å². The summed E-state index contributed by atoms with van der Waals surface area (Å²) in [4.78, 5) is 17.5. The summed E-state index contributed by atoms with van der Waals surface area (Å²) in [5.74, 6) is -1.50. The Morgan fingerprint density at radius 3 is 2.81 bits per heavy atom. The largest absolute Gasteiger partial charge is 0.507 e. The first-order chi connectivity index (χ1) is 12.9. The second-order valence-corrected chi connectivity index (χ2v) is 6.74. The van der Waals surface area contributed by atoms with E-state index in [1.165, 1.54) is 7.11 Å². The Hall–Kier alpha value is -2.51. The highest BCUT2D eigenvalue weighted by atomic mass is 35.5. The Morgan fingerprint density at radius 2 is 2.07 bits per heavy atom. The minimum atomic E-state index is -0.734. The first kappa shape index (κ1) is 19.3. The van der Waals surface area contributed by atoms with E-state index in [0.717, 1.165) is 6.07 Å².